The SMILES string of the molecule is CCCCN(/C=C(/C#N)C(=O)NCCc1ccc(O)cc1)CCCC. The number of carbonyl (C=O) groups excluding carboxylic acids is 1. The third kappa shape index (κ3) is 8.25. The first-order valence-electron chi connectivity index (χ1n) is 9.02. The molecule has 5 nitrogen and oxygen atoms in total. The summed E-state index contributed by atoms with van der Waals surface area (Å²) in [6, 6.07) is 8.90. The summed E-state index contributed by atoms with van der Waals surface area (Å²) in [5.41, 5.74) is 1.17. The van der Waals surface area contributed by atoms with Crippen LogP contribution in [0.25, 0.3) is 0 Å². The maximum Gasteiger partial charge on any atom is 0.263 e. The molecule has 0 radical (unpaired) electrons. The van der Waals surface area contributed by atoms with Crippen LogP contribution in [0.3, 0.4) is 0 Å². The van der Waals surface area contributed by atoms with Crippen LogP contribution in [0.1, 0.15) is 45.1 Å². The minimum Gasteiger partial charge on any atom is -0.508 e. The van der Waals surface area contributed by atoms with Gasteiger partial charge in [-0.25, -0.2) is 0 Å². The average Bonchev–Trinajstić information content (AvgIpc) is 2.62. The maximum absolute atomic E-state index is 12.2. The van der Waals surface area contributed by atoms with Crippen LogP contribution < -0.4 is 5.32 Å². The number of nitrogens with one attached hydrogen (secondary N) is 1. The van der Waals surface area contributed by atoms with Crippen molar-refractivity contribution < 1.29 is 9.90 Å². The molecule has 0 saturated heterocycles. The molecule has 1 amide bonds. The molecule has 25 heavy (non-hydrogen) atoms. The standard InChI is InChI=1S/C20H29N3O2/c1-3-5-13-23(14-6-4-2)16-18(15-21)20(25)22-12-11-17-7-9-19(24)10-8-17/h7-10,16,24H,3-6,11-14H2,1-2H3,(H,22,25)/b18-16-. The lowest BCUT2D eigenvalue weighted by atomic mass is 10.1. The van der Waals surface area contributed by atoms with Crippen molar-refractivity contribution in [2.45, 2.75) is 46.0 Å². The number of rotatable bonds is 11. The Bertz CT molecular complexity index is 580. The number of phenolic OH excluding ortho intramolecular Hbond substituents is 1. The third-order valence-electron chi connectivity index (χ3n) is 3.91. The lowest BCUT2D eigenvalue weighted by Crippen LogP contribution is -2.29. The number of nitriles is 1. The minimum absolute atomic E-state index is 0.151. The van der Waals surface area contributed by atoms with E-state index in [-0.39, 0.29) is 17.2 Å². The summed E-state index contributed by atoms with van der Waals surface area (Å²) in [5, 5.41) is 21.4. The molecule has 0 aliphatic carbocycles. The van der Waals surface area contributed by atoms with Gasteiger partial charge >= 0.3 is 0 Å². The van der Waals surface area contributed by atoms with E-state index in [4.69, 9.17) is 0 Å². The normalized spacial score (nSPS) is 11.0. The minimum atomic E-state index is -0.334. The van der Waals surface area contributed by atoms with Crippen molar-refractivity contribution in [3.63, 3.8) is 0 Å². The Morgan fingerprint density at radius 3 is 2.32 bits per heavy atom. The van der Waals surface area contributed by atoms with Gasteiger partial charge in [-0.15, -0.1) is 0 Å². The molecule has 136 valence electrons. The molecule has 0 saturated carbocycles. The Morgan fingerprint density at radius 2 is 1.80 bits per heavy atom. The molecule has 1 aromatic carbocycles. The van der Waals surface area contributed by atoms with E-state index in [1.807, 2.05) is 18.2 Å². The van der Waals surface area contributed by atoms with Crippen LogP contribution in [0, 0.1) is 11.3 Å². The van der Waals surface area contributed by atoms with Gasteiger partial charge in [0.15, 0.2) is 0 Å². The van der Waals surface area contributed by atoms with Crippen LogP contribution in [-0.4, -0.2) is 35.5 Å². The number of hydrogen-bond donors (Lipinski definition) is 2. The Hall–Kier alpha value is -2.48. The highest BCUT2D eigenvalue weighted by atomic mass is 16.3. The number of benzene rings is 1. The zero-order valence-electron chi connectivity index (χ0n) is 15.3. The van der Waals surface area contributed by atoms with Crippen LogP contribution in [0.2, 0.25) is 0 Å². The fourth-order valence-corrected chi connectivity index (χ4v) is 2.36. The topological polar surface area (TPSA) is 76.4 Å². The monoisotopic (exact) mass is 343 g/mol. The van der Waals surface area contributed by atoms with Gasteiger partial charge in [0.1, 0.15) is 17.4 Å². The molecule has 0 spiro atoms. The second-order valence-corrected chi connectivity index (χ2v) is 6.07. The van der Waals surface area contributed by atoms with E-state index in [0.29, 0.717) is 13.0 Å². The van der Waals surface area contributed by atoms with Crippen molar-refractivity contribution in [1.82, 2.24) is 10.2 Å². The van der Waals surface area contributed by atoms with E-state index in [1.165, 1.54) is 0 Å². The number of carbonyl (C=O) groups is 1. The molecule has 0 bridgehead atoms. The van der Waals surface area contributed by atoms with Crippen LogP contribution >= 0.6 is 0 Å². The molecule has 1 rings (SSSR count). The number of nitrogens with zero attached hydrogens (tertiary/aromatic N) is 2. The van der Waals surface area contributed by atoms with Gasteiger partial charge in [0, 0.05) is 25.8 Å². The van der Waals surface area contributed by atoms with Crippen molar-refractivity contribution in [3.05, 3.63) is 41.6 Å². The van der Waals surface area contributed by atoms with Gasteiger partial charge < -0.3 is 15.3 Å². The molecule has 1 aromatic rings. The van der Waals surface area contributed by atoms with Crippen molar-refractivity contribution in [2.24, 2.45) is 0 Å². The Morgan fingerprint density at radius 1 is 1.20 bits per heavy atom. The van der Waals surface area contributed by atoms with Crippen molar-refractivity contribution in [2.75, 3.05) is 19.6 Å². The second-order valence-electron chi connectivity index (χ2n) is 6.07. The van der Waals surface area contributed by atoms with Gasteiger partial charge in [-0.05, 0) is 37.0 Å². The summed E-state index contributed by atoms with van der Waals surface area (Å²) in [6.07, 6.45) is 6.60. The summed E-state index contributed by atoms with van der Waals surface area (Å²) in [6.45, 7) is 6.43. The summed E-state index contributed by atoms with van der Waals surface area (Å²) in [4.78, 5) is 14.3. The van der Waals surface area contributed by atoms with Gasteiger partial charge in [-0.2, -0.15) is 5.26 Å². The summed E-state index contributed by atoms with van der Waals surface area (Å²) in [5.74, 6) is -0.110. The van der Waals surface area contributed by atoms with Gasteiger partial charge in [0.25, 0.3) is 5.91 Å². The summed E-state index contributed by atoms with van der Waals surface area (Å²) >= 11 is 0. The average molecular weight is 343 g/mol. The predicted molar refractivity (Wildman–Crippen MR) is 99.9 cm³/mol. The third-order valence-corrected chi connectivity index (χ3v) is 3.91. The molecule has 0 fully saturated rings. The maximum atomic E-state index is 12.2. The predicted octanol–water partition coefficient (Wildman–Crippen LogP) is 3.36. The zero-order valence-corrected chi connectivity index (χ0v) is 15.3. The van der Waals surface area contributed by atoms with Crippen molar-refractivity contribution >= 4 is 5.91 Å². The Kier molecular flexibility index (Phi) is 9.84. The first-order valence-corrected chi connectivity index (χ1v) is 9.02. The van der Waals surface area contributed by atoms with E-state index < -0.39 is 0 Å². The Labute approximate surface area is 151 Å². The lowest BCUT2D eigenvalue weighted by molar-refractivity contribution is -0.117. The molecule has 0 unspecified atom stereocenters. The first-order chi connectivity index (χ1) is 12.1. The van der Waals surface area contributed by atoms with E-state index in [1.54, 1.807) is 18.3 Å². The summed E-state index contributed by atoms with van der Waals surface area (Å²) in [7, 11) is 0. The quantitative estimate of drug-likeness (QED) is 0.477. The highest BCUT2D eigenvalue weighted by Gasteiger charge is 2.10. The van der Waals surface area contributed by atoms with Crippen LogP contribution in [0.5, 0.6) is 5.75 Å². The molecule has 0 aliphatic heterocycles. The van der Waals surface area contributed by atoms with Crippen molar-refractivity contribution in [1.29, 1.82) is 5.26 Å². The van der Waals surface area contributed by atoms with Gasteiger partial charge in [0.05, 0.1) is 0 Å². The number of amides is 1. The number of phenols is 1. The van der Waals surface area contributed by atoms with Gasteiger partial charge in [-0.3, -0.25) is 4.79 Å². The van der Waals surface area contributed by atoms with Gasteiger partial charge in [0.2, 0.25) is 0 Å². The fraction of sp³-hybridized carbons (Fsp3) is 0.500. The van der Waals surface area contributed by atoms with E-state index in [0.717, 1.165) is 44.3 Å². The zero-order chi connectivity index (χ0) is 18.5. The number of aromatic hydroxyl groups is 1. The molecule has 0 aliphatic rings. The Balaban J connectivity index is 2.57. The van der Waals surface area contributed by atoms with Crippen LogP contribution in [-0.2, 0) is 11.2 Å². The highest BCUT2D eigenvalue weighted by Crippen LogP contribution is 2.10. The largest absolute Gasteiger partial charge is 0.508 e. The molecular formula is C20H29N3O2. The highest BCUT2D eigenvalue weighted by molar-refractivity contribution is 5.97. The van der Waals surface area contributed by atoms with Crippen molar-refractivity contribution in [3.8, 4) is 11.8 Å². The van der Waals surface area contributed by atoms with E-state index in [9.17, 15) is 15.2 Å². The first kappa shape index (κ1) is 20.6. The van der Waals surface area contributed by atoms with Gasteiger partial charge in [-0.1, -0.05) is 38.8 Å². The molecule has 0 heterocycles. The molecule has 0 aromatic heterocycles. The molecule has 0 atom stereocenters. The van der Waals surface area contributed by atoms with E-state index >= 15 is 0 Å². The smallest absolute Gasteiger partial charge is 0.263 e. The second kappa shape index (κ2) is 12.0. The molecule has 5 heteroatoms. The fourth-order valence-electron chi connectivity index (χ4n) is 2.36. The molecular weight excluding hydrogens is 314 g/mol. The van der Waals surface area contributed by atoms with E-state index in [2.05, 4.69) is 24.1 Å². The number of hydrogen-bond acceptors (Lipinski definition) is 4. The van der Waals surface area contributed by atoms with Crippen LogP contribution in [0.15, 0.2) is 36.0 Å². The lowest BCUT2D eigenvalue weighted by Gasteiger charge is -2.20. The number of unbranched alkanes of at least 4 members (excludes halogenated alkanes) is 2. The summed E-state index contributed by atoms with van der Waals surface area (Å²) < 4.78 is 0. The van der Waals surface area contributed by atoms with Crippen LogP contribution in [0.4, 0.5) is 0 Å². The molecule has 2 N–H and O–H groups in total.